The molecule has 1 N–H and O–H groups in total. The molecule has 4 bridgehead atoms. The summed E-state index contributed by atoms with van der Waals surface area (Å²) in [6.07, 6.45) is 5.56. The van der Waals surface area contributed by atoms with Crippen LogP contribution in [-0.4, -0.2) is 22.8 Å². The van der Waals surface area contributed by atoms with Crippen LogP contribution in [0, 0.1) is 17.8 Å². The van der Waals surface area contributed by atoms with Crippen LogP contribution in [0.1, 0.15) is 31.6 Å². The Hall–Kier alpha value is -1.88. The van der Waals surface area contributed by atoms with Gasteiger partial charge in [0.25, 0.3) is 0 Å². The fourth-order valence-electron chi connectivity index (χ4n) is 5.23. The normalized spacial score (nSPS) is 33.7. The minimum absolute atomic E-state index is 0.365. The molecule has 4 saturated carbocycles. The zero-order valence-corrected chi connectivity index (χ0v) is 13.3. The topological polar surface area (TPSA) is 60.2 Å². The number of rotatable bonds is 5. The van der Waals surface area contributed by atoms with E-state index in [-0.39, 0.29) is 0 Å². The highest BCUT2D eigenvalue weighted by molar-refractivity contribution is 5.53. The van der Waals surface area contributed by atoms with E-state index < -0.39 is 0 Å². The van der Waals surface area contributed by atoms with E-state index in [1.54, 1.807) is 7.11 Å². The summed E-state index contributed by atoms with van der Waals surface area (Å²) in [5.74, 6) is 4.90. The first-order chi connectivity index (χ1) is 11.3. The zero-order valence-electron chi connectivity index (χ0n) is 13.3. The van der Waals surface area contributed by atoms with Crippen LogP contribution in [0.25, 0.3) is 11.5 Å². The summed E-state index contributed by atoms with van der Waals surface area (Å²) in [4.78, 5) is 0. The highest BCUT2D eigenvalue weighted by Crippen LogP contribution is 2.65. The van der Waals surface area contributed by atoms with Crippen molar-refractivity contribution in [1.29, 1.82) is 0 Å². The van der Waals surface area contributed by atoms with E-state index >= 15 is 0 Å². The standard InChI is InChI=1S/C18H21N3O2/c1-22-15-4-2-11(3-5-15)17-21-20-16(23-17)10-19-18-8-12-6-14(18)7-13(12)9-18/h2-5,12-14,19H,6-10H2,1H3. The molecule has 0 radical (unpaired) electrons. The minimum Gasteiger partial charge on any atom is -0.497 e. The zero-order chi connectivity index (χ0) is 15.4. The molecule has 0 aliphatic heterocycles. The molecular formula is C18H21N3O2. The molecule has 2 atom stereocenters. The van der Waals surface area contributed by atoms with E-state index in [0.717, 1.165) is 29.1 Å². The van der Waals surface area contributed by atoms with Crippen LogP contribution in [0.15, 0.2) is 28.7 Å². The lowest BCUT2D eigenvalue weighted by atomic mass is 9.91. The summed E-state index contributed by atoms with van der Waals surface area (Å²) in [7, 11) is 1.66. The Morgan fingerprint density at radius 3 is 2.52 bits per heavy atom. The molecule has 6 rings (SSSR count). The molecule has 5 heteroatoms. The molecule has 0 saturated heterocycles. The fourth-order valence-corrected chi connectivity index (χ4v) is 5.23. The van der Waals surface area contributed by atoms with E-state index in [4.69, 9.17) is 9.15 Å². The fraction of sp³-hybridized carbons (Fsp3) is 0.556. The number of nitrogens with one attached hydrogen (secondary N) is 1. The lowest BCUT2D eigenvalue weighted by Gasteiger charge is -2.29. The van der Waals surface area contributed by atoms with Gasteiger partial charge in [0, 0.05) is 11.1 Å². The number of hydrogen-bond acceptors (Lipinski definition) is 5. The van der Waals surface area contributed by atoms with E-state index in [1.165, 1.54) is 25.7 Å². The van der Waals surface area contributed by atoms with Gasteiger partial charge in [-0.05, 0) is 67.7 Å². The third kappa shape index (κ3) is 2.02. The van der Waals surface area contributed by atoms with Gasteiger partial charge in [0.15, 0.2) is 0 Å². The molecule has 1 aromatic heterocycles. The molecule has 1 heterocycles. The van der Waals surface area contributed by atoms with Crippen molar-refractivity contribution < 1.29 is 9.15 Å². The van der Waals surface area contributed by atoms with Crippen LogP contribution in [0.5, 0.6) is 5.75 Å². The quantitative estimate of drug-likeness (QED) is 0.919. The Labute approximate surface area is 135 Å². The van der Waals surface area contributed by atoms with Gasteiger partial charge in [-0.15, -0.1) is 10.2 Å². The highest BCUT2D eigenvalue weighted by Gasteiger charge is 2.62. The maximum absolute atomic E-state index is 5.83. The van der Waals surface area contributed by atoms with Crippen LogP contribution >= 0.6 is 0 Å². The summed E-state index contributed by atoms with van der Waals surface area (Å²) in [5.41, 5.74) is 1.29. The molecule has 4 aliphatic carbocycles. The predicted molar refractivity (Wildman–Crippen MR) is 84.8 cm³/mol. The van der Waals surface area contributed by atoms with Gasteiger partial charge in [-0.25, -0.2) is 0 Å². The van der Waals surface area contributed by atoms with Gasteiger partial charge in [0.2, 0.25) is 11.8 Å². The number of methoxy groups -OCH3 is 1. The number of benzene rings is 1. The molecule has 0 spiro atoms. The Balaban J connectivity index is 1.28. The van der Waals surface area contributed by atoms with Crippen LogP contribution in [0.2, 0.25) is 0 Å². The number of ether oxygens (including phenoxy) is 1. The summed E-state index contributed by atoms with van der Waals surface area (Å²) in [6, 6.07) is 7.69. The first-order valence-electron chi connectivity index (χ1n) is 8.47. The number of hydrogen-bond donors (Lipinski definition) is 1. The molecule has 5 nitrogen and oxygen atoms in total. The van der Waals surface area contributed by atoms with Gasteiger partial charge < -0.3 is 14.5 Å². The van der Waals surface area contributed by atoms with Crippen molar-refractivity contribution >= 4 is 0 Å². The molecule has 4 aliphatic rings. The molecular weight excluding hydrogens is 290 g/mol. The van der Waals surface area contributed by atoms with Crippen molar-refractivity contribution in [2.24, 2.45) is 17.8 Å². The monoisotopic (exact) mass is 311 g/mol. The van der Waals surface area contributed by atoms with E-state index in [0.29, 0.717) is 23.9 Å². The second kappa shape index (κ2) is 4.81. The summed E-state index contributed by atoms with van der Waals surface area (Å²) >= 11 is 0. The highest BCUT2D eigenvalue weighted by atomic mass is 16.5. The first kappa shape index (κ1) is 13.5. The van der Waals surface area contributed by atoms with Crippen LogP contribution in [0.3, 0.4) is 0 Å². The maximum Gasteiger partial charge on any atom is 0.247 e. The SMILES string of the molecule is COc1ccc(-c2nnc(CNC34CC5CC3CC5C4)o2)cc1. The molecule has 4 fully saturated rings. The lowest BCUT2D eigenvalue weighted by molar-refractivity contribution is 0.271. The van der Waals surface area contributed by atoms with Crippen molar-refractivity contribution in [3.05, 3.63) is 30.2 Å². The van der Waals surface area contributed by atoms with E-state index in [9.17, 15) is 0 Å². The third-order valence-electron chi connectivity index (χ3n) is 6.27. The smallest absolute Gasteiger partial charge is 0.247 e. The van der Waals surface area contributed by atoms with Gasteiger partial charge in [0.05, 0.1) is 13.7 Å². The van der Waals surface area contributed by atoms with Crippen molar-refractivity contribution in [1.82, 2.24) is 15.5 Å². The Kier molecular flexibility index (Phi) is 2.83. The summed E-state index contributed by atoms with van der Waals surface area (Å²) < 4.78 is 11.0. The van der Waals surface area contributed by atoms with Crippen LogP contribution in [0.4, 0.5) is 0 Å². The summed E-state index contributed by atoms with van der Waals surface area (Å²) in [5, 5.41) is 12.1. The largest absolute Gasteiger partial charge is 0.497 e. The molecule has 23 heavy (non-hydrogen) atoms. The second-order valence-corrected chi connectivity index (χ2v) is 7.34. The third-order valence-corrected chi connectivity index (χ3v) is 6.27. The van der Waals surface area contributed by atoms with Crippen LogP contribution < -0.4 is 10.1 Å². The van der Waals surface area contributed by atoms with Crippen molar-refractivity contribution in [3.63, 3.8) is 0 Å². The lowest BCUT2D eigenvalue weighted by Crippen LogP contribution is -2.44. The van der Waals surface area contributed by atoms with Crippen LogP contribution in [-0.2, 0) is 6.54 Å². The number of aromatic nitrogens is 2. The van der Waals surface area contributed by atoms with E-state index in [1.807, 2.05) is 24.3 Å². The predicted octanol–water partition coefficient (Wildman–Crippen LogP) is 3.02. The van der Waals surface area contributed by atoms with Crippen molar-refractivity contribution in [2.75, 3.05) is 7.11 Å². The van der Waals surface area contributed by atoms with Gasteiger partial charge in [-0.1, -0.05) is 0 Å². The average Bonchev–Trinajstić information content (AvgIpc) is 3.35. The Morgan fingerprint density at radius 2 is 1.91 bits per heavy atom. The van der Waals surface area contributed by atoms with Crippen molar-refractivity contribution in [3.8, 4) is 17.2 Å². The van der Waals surface area contributed by atoms with Gasteiger partial charge in [0.1, 0.15) is 5.75 Å². The molecule has 120 valence electrons. The first-order valence-corrected chi connectivity index (χ1v) is 8.47. The molecule has 2 unspecified atom stereocenters. The number of nitrogens with zero attached hydrogens (tertiary/aromatic N) is 2. The molecule has 1 aromatic carbocycles. The Bertz CT molecular complexity index is 710. The maximum atomic E-state index is 5.83. The van der Waals surface area contributed by atoms with Gasteiger partial charge in [-0.3, -0.25) is 0 Å². The van der Waals surface area contributed by atoms with Gasteiger partial charge >= 0.3 is 0 Å². The molecule has 0 amide bonds. The van der Waals surface area contributed by atoms with E-state index in [2.05, 4.69) is 15.5 Å². The summed E-state index contributed by atoms with van der Waals surface area (Å²) in [6.45, 7) is 0.680. The molecule has 2 aromatic rings. The average molecular weight is 311 g/mol. The second-order valence-electron chi connectivity index (χ2n) is 7.34. The van der Waals surface area contributed by atoms with Crippen molar-refractivity contribution in [2.45, 2.75) is 37.8 Å². The Morgan fingerprint density at radius 1 is 1.17 bits per heavy atom. The van der Waals surface area contributed by atoms with Gasteiger partial charge in [-0.2, -0.15) is 0 Å². The minimum atomic E-state index is 0.365.